The summed E-state index contributed by atoms with van der Waals surface area (Å²) in [5.74, 6) is 2.30. The standard InChI is InChI=1S/C14H20O3/c1-2-10-5-9(1)13(4-3-11-6-15-11)14(10)17-8-12-7-16-12/h3-4,9-14H,1-2,5-8H2/b4-3-. The molecule has 0 aromatic rings. The Bertz CT molecular complexity index is 319. The summed E-state index contributed by atoms with van der Waals surface area (Å²) < 4.78 is 16.6. The molecule has 2 aliphatic carbocycles. The predicted octanol–water partition coefficient (Wildman–Crippen LogP) is 1.77. The van der Waals surface area contributed by atoms with Gasteiger partial charge in [-0.2, -0.15) is 0 Å². The van der Waals surface area contributed by atoms with E-state index >= 15 is 0 Å². The van der Waals surface area contributed by atoms with Gasteiger partial charge < -0.3 is 14.2 Å². The van der Waals surface area contributed by atoms with Crippen LogP contribution in [0.25, 0.3) is 0 Å². The molecule has 2 saturated heterocycles. The van der Waals surface area contributed by atoms with Crippen LogP contribution >= 0.6 is 0 Å². The van der Waals surface area contributed by atoms with Gasteiger partial charge in [-0.05, 0) is 31.1 Å². The number of hydrogen-bond donors (Lipinski definition) is 0. The monoisotopic (exact) mass is 236 g/mol. The van der Waals surface area contributed by atoms with Crippen LogP contribution in [0.2, 0.25) is 0 Å². The van der Waals surface area contributed by atoms with Gasteiger partial charge in [-0.1, -0.05) is 12.2 Å². The lowest BCUT2D eigenvalue weighted by Gasteiger charge is -2.28. The fourth-order valence-electron chi connectivity index (χ4n) is 3.60. The van der Waals surface area contributed by atoms with Crippen LogP contribution in [-0.2, 0) is 14.2 Å². The van der Waals surface area contributed by atoms with E-state index in [1.807, 2.05) is 0 Å². The van der Waals surface area contributed by atoms with Gasteiger partial charge in [0, 0.05) is 5.92 Å². The summed E-state index contributed by atoms with van der Waals surface area (Å²) in [5.41, 5.74) is 0. The Morgan fingerprint density at radius 2 is 1.88 bits per heavy atom. The minimum Gasteiger partial charge on any atom is -0.375 e. The Kier molecular flexibility index (Phi) is 2.53. The van der Waals surface area contributed by atoms with Gasteiger partial charge in [0.2, 0.25) is 0 Å². The van der Waals surface area contributed by atoms with Crippen molar-refractivity contribution in [2.24, 2.45) is 17.8 Å². The van der Waals surface area contributed by atoms with Crippen molar-refractivity contribution in [3.63, 3.8) is 0 Å². The molecule has 94 valence electrons. The summed E-state index contributed by atoms with van der Waals surface area (Å²) >= 11 is 0. The zero-order chi connectivity index (χ0) is 11.2. The molecule has 2 saturated carbocycles. The largest absolute Gasteiger partial charge is 0.375 e. The van der Waals surface area contributed by atoms with Crippen molar-refractivity contribution in [3.8, 4) is 0 Å². The van der Waals surface area contributed by atoms with Crippen LogP contribution < -0.4 is 0 Å². The number of epoxide rings is 2. The molecular formula is C14H20O3. The molecule has 0 N–H and O–H groups in total. The van der Waals surface area contributed by atoms with Crippen molar-refractivity contribution < 1.29 is 14.2 Å². The Hall–Kier alpha value is -0.380. The van der Waals surface area contributed by atoms with Gasteiger partial charge in [0.05, 0.1) is 32.0 Å². The van der Waals surface area contributed by atoms with Crippen LogP contribution in [-0.4, -0.2) is 38.1 Å². The molecule has 0 radical (unpaired) electrons. The average Bonchev–Trinajstić information content (AvgIpc) is 3.25. The molecule has 0 aromatic carbocycles. The number of rotatable bonds is 5. The van der Waals surface area contributed by atoms with E-state index in [0.717, 1.165) is 31.7 Å². The molecule has 6 atom stereocenters. The summed E-state index contributed by atoms with van der Waals surface area (Å²) in [6.07, 6.45) is 10.0. The van der Waals surface area contributed by atoms with Crippen LogP contribution in [0.3, 0.4) is 0 Å². The molecule has 6 unspecified atom stereocenters. The summed E-state index contributed by atoms with van der Waals surface area (Å²) in [6.45, 7) is 2.62. The fourth-order valence-corrected chi connectivity index (χ4v) is 3.60. The van der Waals surface area contributed by atoms with Crippen molar-refractivity contribution in [2.45, 2.75) is 37.6 Å². The third-order valence-corrected chi connectivity index (χ3v) is 4.69. The molecule has 3 nitrogen and oxygen atoms in total. The van der Waals surface area contributed by atoms with Crippen LogP contribution in [0.5, 0.6) is 0 Å². The second-order valence-electron chi connectivity index (χ2n) is 5.92. The predicted molar refractivity (Wildman–Crippen MR) is 62.7 cm³/mol. The Morgan fingerprint density at radius 3 is 2.65 bits per heavy atom. The maximum Gasteiger partial charge on any atom is 0.104 e. The highest BCUT2D eigenvalue weighted by Crippen LogP contribution is 2.50. The maximum atomic E-state index is 6.11. The molecule has 3 heteroatoms. The van der Waals surface area contributed by atoms with Crippen molar-refractivity contribution >= 4 is 0 Å². The molecule has 17 heavy (non-hydrogen) atoms. The van der Waals surface area contributed by atoms with E-state index in [1.54, 1.807) is 0 Å². The van der Waals surface area contributed by atoms with Gasteiger partial charge in [0.15, 0.2) is 0 Å². The van der Waals surface area contributed by atoms with Crippen molar-refractivity contribution in [3.05, 3.63) is 12.2 Å². The smallest absolute Gasteiger partial charge is 0.104 e. The van der Waals surface area contributed by atoms with Crippen molar-refractivity contribution in [1.29, 1.82) is 0 Å². The van der Waals surface area contributed by atoms with E-state index < -0.39 is 0 Å². The minimum absolute atomic E-state index is 0.394. The van der Waals surface area contributed by atoms with Crippen LogP contribution in [0, 0.1) is 17.8 Å². The van der Waals surface area contributed by atoms with E-state index in [9.17, 15) is 0 Å². The number of hydrogen-bond acceptors (Lipinski definition) is 3. The molecule has 2 aliphatic heterocycles. The SMILES string of the molecule is C(=C/C1C2CCC(C2)C1OCC1CO1)/C1CO1. The van der Waals surface area contributed by atoms with Gasteiger partial charge in [-0.3, -0.25) is 0 Å². The zero-order valence-electron chi connectivity index (χ0n) is 10.1. The third-order valence-electron chi connectivity index (χ3n) is 4.69. The Labute approximate surface area is 102 Å². The lowest BCUT2D eigenvalue weighted by molar-refractivity contribution is -0.0125. The Balaban J connectivity index is 1.41. The van der Waals surface area contributed by atoms with E-state index in [-0.39, 0.29) is 0 Å². The molecule has 0 amide bonds. The van der Waals surface area contributed by atoms with Crippen molar-refractivity contribution in [1.82, 2.24) is 0 Å². The second kappa shape index (κ2) is 4.08. The molecule has 4 fully saturated rings. The normalized spacial score (nSPS) is 51.3. The van der Waals surface area contributed by atoms with E-state index in [4.69, 9.17) is 14.2 Å². The molecule has 2 heterocycles. The van der Waals surface area contributed by atoms with E-state index in [2.05, 4.69) is 12.2 Å². The molecule has 2 bridgehead atoms. The summed E-state index contributed by atoms with van der Waals surface area (Å²) in [7, 11) is 0. The Morgan fingerprint density at radius 1 is 1.06 bits per heavy atom. The van der Waals surface area contributed by atoms with Gasteiger partial charge >= 0.3 is 0 Å². The summed E-state index contributed by atoms with van der Waals surface area (Å²) in [6, 6.07) is 0. The first-order valence-corrected chi connectivity index (χ1v) is 6.93. The molecule has 4 aliphatic rings. The van der Waals surface area contributed by atoms with E-state index in [0.29, 0.717) is 24.2 Å². The highest BCUT2D eigenvalue weighted by atomic mass is 16.6. The average molecular weight is 236 g/mol. The molecule has 0 aromatic heterocycles. The molecule has 0 spiro atoms. The first kappa shape index (κ1) is 10.5. The van der Waals surface area contributed by atoms with Gasteiger partial charge in [-0.15, -0.1) is 0 Å². The zero-order valence-corrected chi connectivity index (χ0v) is 10.1. The van der Waals surface area contributed by atoms with Crippen LogP contribution in [0.1, 0.15) is 19.3 Å². The summed E-state index contributed by atoms with van der Waals surface area (Å²) in [5, 5.41) is 0. The lowest BCUT2D eigenvalue weighted by Crippen LogP contribution is -2.30. The van der Waals surface area contributed by atoms with Gasteiger partial charge in [-0.25, -0.2) is 0 Å². The maximum absolute atomic E-state index is 6.11. The molecular weight excluding hydrogens is 216 g/mol. The highest BCUT2D eigenvalue weighted by Gasteiger charge is 2.47. The molecule has 4 rings (SSSR count). The first-order chi connectivity index (χ1) is 8.40. The van der Waals surface area contributed by atoms with E-state index in [1.165, 1.54) is 19.3 Å². The second-order valence-corrected chi connectivity index (χ2v) is 5.92. The summed E-state index contributed by atoms with van der Waals surface area (Å²) in [4.78, 5) is 0. The quantitative estimate of drug-likeness (QED) is 0.539. The number of fused-ring (bicyclic) bond motifs is 2. The lowest BCUT2D eigenvalue weighted by atomic mass is 9.86. The van der Waals surface area contributed by atoms with Crippen LogP contribution in [0.4, 0.5) is 0 Å². The van der Waals surface area contributed by atoms with Crippen molar-refractivity contribution in [2.75, 3.05) is 19.8 Å². The van der Waals surface area contributed by atoms with Gasteiger partial charge in [0.1, 0.15) is 6.10 Å². The topological polar surface area (TPSA) is 34.3 Å². The fraction of sp³-hybridized carbons (Fsp3) is 0.857. The first-order valence-electron chi connectivity index (χ1n) is 6.93. The van der Waals surface area contributed by atoms with Gasteiger partial charge in [0.25, 0.3) is 0 Å². The third kappa shape index (κ3) is 2.16. The minimum atomic E-state index is 0.394. The highest BCUT2D eigenvalue weighted by molar-refractivity contribution is 5.09. The number of ether oxygens (including phenoxy) is 3. The van der Waals surface area contributed by atoms with Crippen LogP contribution in [0.15, 0.2) is 12.2 Å².